The Hall–Kier alpha value is -2.60. The van der Waals surface area contributed by atoms with Crippen molar-refractivity contribution in [1.29, 1.82) is 0 Å². The fourth-order valence-corrected chi connectivity index (χ4v) is 3.84. The number of likely N-dealkylation sites (tertiary alicyclic amines) is 1. The zero-order valence-electron chi connectivity index (χ0n) is 14.7. The van der Waals surface area contributed by atoms with E-state index in [0.29, 0.717) is 30.0 Å². The van der Waals surface area contributed by atoms with Crippen LogP contribution in [0, 0.1) is 0 Å². The van der Waals surface area contributed by atoms with Gasteiger partial charge in [-0.1, -0.05) is 30.3 Å². The standard InChI is InChI=1S/C21H19BrN2O3/c22-17-8-4-7-15-13-18(27-19(15)17)21(26)24-11-9-16(10-12-24)23-20(25)14-5-2-1-3-6-14/h1-8,13,16H,9-12H2,(H,23,25). The minimum atomic E-state index is -0.106. The molecule has 0 atom stereocenters. The lowest BCUT2D eigenvalue weighted by Gasteiger charge is -2.31. The van der Waals surface area contributed by atoms with Crippen LogP contribution in [0.1, 0.15) is 33.8 Å². The fourth-order valence-electron chi connectivity index (χ4n) is 3.37. The molecule has 0 aliphatic carbocycles. The molecule has 3 aromatic rings. The van der Waals surface area contributed by atoms with Gasteiger partial charge in [0.1, 0.15) is 5.58 Å². The van der Waals surface area contributed by atoms with Gasteiger partial charge in [-0.3, -0.25) is 9.59 Å². The van der Waals surface area contributed by atoms with Gasteiger partial charge in [-0.2, -0.15) is 0 Å². The molecular weight excluding hydrogens is 408 g/mol. The quantitative estimate of drug-likeness (QED) is 0.681. The predicted octanol–water partition coefficient (Wildman–Crippen LogP) is 4.23. The van der Waals surface area contributed by atoms with Gasteiger partial charge in [0.25, 0.3) is 11.8 Å². The summed E-state index contributed by atoms with van der Waals surface area (Å²) >= 11 is 3.45. The van der Waals surface area contributed by atoms with Crippen molar-refractivity contribution in [2.45, 2.75) is 18.9 Å². The van der Waals surface area contributed by atoms with E-state index >= 15 is 0 Å². The number of piperidine rings is 1. The number of furan rings is 1. The molecule has 1 aliphatic heterocycles. The first kappa shape index (κ1) is 17.8. The van der Waals surface area contributed by atoms with Gasteiger partial charge in [0, 0.05) is 30.1 Å². The Morgan fingerprint density at radius 1 is 1.04 bits per heavy atom. The maximum atomic E-state index is 12.8. The van der Waals surface area contributed by atoms with Crippen molar-refractivity contribution in [3.05, 3.63) is 70.4 Å². The second-order valence-corrected chi connectivity index (χ2v) is 7.53. The van der Waals surface area contributed by atoms with E-state index in [1.54, 1.807) is 23.1 Å². The van der Waals surface area contributed by atoms with E-state index in [2.05, 4.69) is 21.2 Å². The largest absolute Gasteiger partial charge is 0.450 e. The smallest absolute Gasteiger partial charge is 0.289 e. The van der Waals surface area contributed by atoms with Crippen molar-refractivity contribution in [2.75, 3.05) is 13.1 Å². The van der Waals surface area contributed by atoms with Crippen molar-refractivity contribution < 1.29 is 14.0 Å². The average Bonchev–Trinajstić information content (AvgIpc) is 3.14. The summed E-state index contributed by atoms with van der Waals surface area (Å²) in [5.41, 5.74) is 1.34. The summed E-state index contributed by atoms with van der Waals surface area (Å²) in [5, 5.41) is 3.96. The molecular formula is C21H19BrN2O3. The second kappa shape index (κ2) is 7.56. The highest BCUT2D eigenvalue weighted by molar-refractivity contribution is 9.10. The Labute approximate surface area is 165 Å². The van der Waals surface area contributed by atoms with Gasteiger partial charge in [-0.15, -0.1) is 0 Å². The molecule has 1 N–H and O–H groups in total. The van der Waals surface area contributed by atoms with Crippen molar-refractivity contribution in [3.63, 3.8) is 0 Å². The van der Waals surface area contributed by atoms with Crippen LogP contribution in [-0.4, -0.2) is 35.8 Å². The number of nitrogens with one attached hydrogen (secondary N) is 1. The number of fused-ring (bicyclic) bond motifs is 1. The zero-order chi connectivity index (χ0) is 18.8. The van der Waals surface area contributed by atoms with Crippen LogP contribution >= 0.6 is 15.9 Å². The van der Waals surface area contributed by atoms with Crippen molar-refractivity contribution in [3.8, 4) is 0 Å². The van der Waals surface area contributed by atoms with E-state index in [9.17, 15) is 9.59 Å². The molecule has 4 rings (SSSR count). The van der Waals surface area contributed by atoms with Crippen molar-refractivity contribution in [1.82, 2.24) is 10.2 Å². The van der Waals surface area contributed by atoms with E-state index in [-0.39, 0.29) is 17.9 Å². The molecule has 138 valence electrons. The van der Waals surface area contributed by atoms with Crippen molar-refractivity contribution >= 4 is 38.7 Å². The van der Waals surface area contributed by atoms with E-state index in [0.717, 1.165) is 22.7 Å². The van der Waals surface area contributed by atoms with Gasteiger partial charge in [0.05, 0.1) is 4.47 Å². The van der Waals surface area contributed by atoms with Crippen LogP contribution in [-0.2, 0) is 0 Å². The van der Waals surface area contributed by atoms with E-state index in [4.69, 9.17) is 4.42 Å². The minimum Gasteiger partial charge on any atom is -0.450 e. The third-order valence-electron chi connectivity index (χ3n) is 4.86. The first-order valence-corrected chi connectivity index (χ1v) is 9.74. The summed E-state index contributed by atoms with van der Waals surface area (Å²) in [5.74, 6) is 0.178. The Balaban J connectivity index is 1.37. The number of carbonyl (C=O) groups excluding carboxylic acids is 2. The number of amides is 2. The molecule has 1 aliphatic rings. The van der Waals surface area contributed by atoms with E-state index in [1.807, 2.05) is 36.4 Å². The lowest BCUT2D eigenvalue weighted by Crippen LogP contribution is -2.46. The molecule has 0 radical (unpaired) electrons. The molecule has 0 spiro atoms. The molecule has 1 fully saturated rings. The molecule has 2 amide bonds. The molecule has 6 heteroatoms. The second-order valence-electron chi connectivity index (χ2n) is 6.67. The van der Waals surface area contributed by atoms with Crippen LogP contribution < -0.4 is 5.32 Å². The highest BCUT2D eigenvalue weighted by Gasteiger charge is 2.26. The third-order valence-corrected chi connectivity index (χ3v) is 5.48. The number of hydrogen-bond donors (Lipinski definition) is 1. The molecule has 1 saturated heterocycles. The SMILES string of the molecule is O=C(NC1CCN(C(=O)c2cc3cccc(Br)c3o2)CC1)c1ccccc1. The highest BCUT2D eigenvalue weighted by atomic mass is 79.9. The number of rotatable bonds is 3. The third kappa shape index (κ3) is 3.76. The summed E-state index contributed by atoms with van der Waals surface area (Å²) in [6, 6.07) is 16.8. The van der Waals surface area contributed by atoms with Crippen LogP contribution in [0.25, 0.3) is 11.0 Å². The highest BCUT2D eigenvalue weighted by Crippen LogP contribution is 2.28. The molecule has 5 nitrogen and oxygen atoms in total. The number of halogens is 1. The first-order chi connectivity index (χ1) is 13.1. The summed E-state index contributed by atoms with van der Waals surface area (Å²) in [4.78, 5) is 26.8. The zero-order valence-corrected chi connectivity index (χ0v) is 16.2. The number of benzene rings is 2. The molecule has 2 aromatic carbocycles. The van der Waals surface area contributed by atoms with Gasteiger partial charge in [0.2, 0.25) is 0 Å². The number of para-hydroxylation sites is 1. The van der Waals surface area contributed by atoms with E-state index in [1.165, 1.54) is 0 Å². The van der Waals surface area contributed by atoms with Crippen LogP contribution in [0.15, 0.2) is 63.5 Å². The summed E-state index contributed by atoms with van der Waals surface area (Å²) in [6.07, 6.45) is 1.46. The number of nitrogens with zero attached hydrogens (tertiary/aromatic N) is 1. The lowest BCUT2D eigenvalue weighted by atomic mass is 10.0. The fraction of sp³-hybridized carbons (Fsp3) is 0.238. The molecule has 0 bridgehead atoms. The van der Waals surface area contributed by atoms with Gasteiger partial charge >= 0.3 is 0 Å². The topological polar surface area (TPSA) is 62.6 Å². The van der Waals surface area contributed by atoms with Gasteiger partial charge in [0.15, 0.2) is 5.76 Å². The average molecular weight is 427 g/mol. The monoisotopic (exact) mass is 426 g/mol. The Kier molecular flexibility index (Phi) is 4.99. The summed E-state index contributed by atoms with van der Waals surface area (Å²) in [6.45, 7) is 1.19. The summed E-state index contributed by atoms with van der Waals surface area (Å²) in [7, 11) is 0. The number of carbonyl (C=O) groups is 2. The molecule has 0 saturated carbocycles. The van der Waals surface area contributed by atoms with Gasteiger partial charge < -0.3 is 14.6 Å². The molecule has 1 aromatic heterocycles. The Morgan fingerprint density at radius 3 is 2.48 bits per heavy atom. The maximum absolute atomic E-state index is 12.8. The number of hydrogen-bond acceptors (Lipinski definition) is 3. The van der Waals surface area contributed by atoms with Crippen LogP contribution in [0.3, 0.4) is 0 Å². The van der Waals surface area contributed by atoms with E-state index < -0.39 is 0 Å². The van der Waals surface area contributed by atoms with Crippen molar-refractivity contribution in [2.24, 2.45) is 0 Å². The lowest BCUT2D eigenvalue weighted by molar-refractivity contribution is 0.0669. The maximum Gasteiger partial charge on any atom is 0.289 e. The summed E-state index contributed by atoms with van der Waals surface area (Å²) < 4.78 is 6.59. The van der Waals surface area contributed by atoms with Crippen LogP contribution in [0.4, 0.5) is 0 Å². The molecule has 27 heavy (non-hydrogen) atoms. The molecule has 0 unspecified atom stereocenters. The Bertz CT molecular complexity index is 976. The van der Waals surface area contributed by atoms with Gasteiger partial charge in [-0.05, 0) is 53.0 Å². The minimum absolute atomic E-state index is 0.0671. The molecule has 2 heterocycles. The van der Waals surface area contributed by atoms with Crippen LogP contribution in [0.5, 0.6) is 0 Å². The van der Waals surface area contributed by atoms with Gasteiger partial charge in [-0.25, -0.2) is 0 Å². The van der Waals surface area contributed by atoms with Crippen LogP contribution in [0.2, 0.25) is 0 Å². The first-order valence-electron chi connectivity index (χ1n) is 8.95. The predicted molar refractivity (Wildman–Crippen MR) is 107 cm³/mol. The Morgan fingerprint density at radius 2 is 1.78 bits per heavy atom. The normalized spacial score (nSPS) is 15.1.